The average Bonchev–Trinajstić information content (AvgIpc) is 2.77. The van der Waals surface area contributed by atoms with Crippen molar-refractivity contribution in [3.63, 3.8) is 0 Å². The van der Waals surface area contributed by atoms with Gasteiger partial charge in [0.1, 0.15) is 0 Å². The first kappa shape index (κ1) is 17.1. The Kier molecular flexibility index (Phi) is 5.87. The van der Waals surface area contributed by atoms with E-state index in [4.69, 9.17) is 4.84 Å². The maximum absolute atomic E-state index is 12.1. The zero-order valence-electron chi connectivity index (χ0n) is 13.6. The lowest BCUT2D eigenvalue weighted by atomic mass is 10.1. The van der Waals surface area contributed by atoms with Gasteiger partial charge in [0.15, 0.2) is 0 Å². The number of amides is 2. The van der Waals surface area contributed by atoms with E-state index in [1.807, 2.05) is 11.9 Å². The Balaban J connectivity index is 1.84. The number of nitrogens with zero attached hydrogens (tertiary/aromatic N) is 2. The molecule has 0 bridgehead atoms. The number of hydrogen-bond donors (Lipinski definition) is 0. The minimum absolute atomic E-state index is 0.0412. The fourth-order valence-electron chi connectivity index (χ4n) is 2.49. The molecule has 6 heteroatoms. The van der Waals surface area contributed by atoms with Gasteiger partial charge in [-0.2, -0.15) is 0 Å². The Morgan fingerprint density at radius 3 is 2.26 bits per heavy atom. The van der Waals surface area contributed by atoms with E-state index in [0.29, 0.717) is 5.06 Å². The van der Waals surface area contributed by atoms with Crippen LogP contribution in [0.25, 0.3) is 0 Å². The molecule has 124 valence electrons. The molecule has 2 rings (SSSR count). The molecule has 0 saturated heterocycles. The van der Waals surface area contributed by atoms with Gasteiger partial charge < -0.3 is 4.84 Å². The number of rotatable bonds is 8. The summed E-state index contributed by atoms with van der Waals surface area (Å²) in [6.07, 6.45) is 4.46. The summed E-state index contributed by atoms with van der Waals surface area (Å²) < 4.78 is 0. The summed E-state index contributed by atoms with van der Waals surface area (Å²) in [5, 5.41) is 0.553. The van der Waals surface area contributed by atoms with Crippen molar-refractivity contribution in [3.8, 4) is 0 Å². The topological polar surface area (TPSA) is 66.9 Å². The third-order valence-electron chi connectivity index (χ3n) is 3.74. The van der Waals surface area contributed by atoms with Gasteiger partial charge in [-0.25, -0.2) is 4.79 Å². The number of carbonyl (C=O) groups excluding carboxylic acids is 3. The van der Waals surface area contributed by atoms with Crippen LogP contribution in [0.4, 0.5) is 0 Å². The fraction of sp³-hybridized carbons (Fsp3) is 0.471. The van der Waals surface area contributed by atoms with Crippen LogP contribution in [0.5, 0.6) is 0 Å². The van der Waals surface area contributed by atoms with Crippen molar-refractivity contribution in [2.45, 2.75) is 32.6 Å². The summed E-state index contributed by atoms with van der Waals surface area (Å²) in [5.41, 5.74) is 0.524. The van der Waals surface area contributed by atoms with E-state index in [1.165, 1.54) is 6.42 Å². The van der Waals surface area contributed by atoms with Crippen molar-refractivity contribution in [1.29, 1.82) is 0 Å². The Morgan fingerprint density at radius 2 is 1.70 bits per heavy atom. The first-order valence-electron chi connectivity index (χ1n) is 7.91. The van der Waals surface area contributed by atoms with E-state index >= 15 is 0 Å². The van der Waals surface area contributed by atoms with Gasteiger partial charge in [-0.3, -0.25) is 14.5 Å². The van der Waals surface area contributed by atoms with Crippen molar-refractivity contribution in [1.82, 2.24) is 9.96 Å². The number of unbranched alkanes of at least 4 members (excludes halogenated alkanes) is 3. The van der Waals surface area contributed by atoms with Crippen molar-refractivity contribution >= 4 is 17.8 Å². The minimum Gasteiger partial charge on any atom is -0.328 e. The fourth-order valence-corrected chi connectivity index (χ4v) is 2.49. The van der Waals surface area contributed by atoms with Crippen molar-refractivity contribution in [2.24, 2.45) is 0 Å². The van der Waals surface area contributed by atoms with Gasteiger partial charge in [0.2, 0.25) is 0 Å². The van der Waals surface area contributed by atoms with Crippen LogP contribution >= 0.6 is 0 Å². The van der Waals surface area contributed by atoms with Crippen molar-refractivity contribution in [3.05, 3.63) is 35.4 Å². The second kappa shape index (κ2) is 7.87. The van der Waals surface area contributed by atoms with Gasteiger partial charge in [0.05, 0.1) is 17.7 Å². The molecule has 0 aliphatic carbocycles. The van der Waals surface area contributed by atoms with Crippen LogP contribution in [-0.4, -0.2) is 47.9 Å². The Bertz CT molecular complexity index is 565. The Morgan fingerprint density at radius 1 is 1.09 bits per heavy atom. The van der Waals surface area contributed by atoms with E-state index in [-0.39, 0.29) is 17.7 Å². The second-order valence-corrected chi connectivity index (χ2v) is 5.71. The van der Waals surface area contributed by atoms with Gasteiger partial charge >= 0.3 is 5.97 Å². The van der Waals surface area contributed by atoms with E-state index in [0.717, 1.165) is 25.8 Å². The summed E-state index contributed by atoms with van der Waals surface area (Å²) in [6, 6.07) is 6.42. The average molecular weight is 318 g/mol. The van der Waals surface area contributed by atoms with Crippen molar-refractivity contribution in [2.75, 3.05) is 20.1 Å². The molecule has 6 nitrogen and oxygen atoms in total. The lowest BCUT2D eigenvalue weighted by Gasteiger charge is -2.17. The van der Waals surface area contributed by atoms with E-state index in [2.05, 4.69) is 6.92 Å². The second-order valence-electron chi connectivity index (χ2n) is 5.71. The van der Waals surface area contributed by atoms with Crippen LogP contribution in [0.15, 0.2) is 24.3 Å². The predicted molar refractivity (Wildman–Crippen MR) is 84.7 cm³/mol. The highest BCUT2D eigenvalue weighted by Gasteiger charge is 2.38. The molecule has 1 aromatic carbocycles. The van der Waals surface area contributed by atoms with Gasteiger partial charge in [0.25, 0.3) is 11.8 Å². The quantitative estimate of drug-likeness (QED) is 0.543. The summed E-state index contributed by atoms with van der Waals surface area (Å²) in [4.78, 5) is 42.9. The number of benzene rings is 1. The molecule has 1 aliphatic heterocycles. The summed E-state index contributed by atoms with van der Waals surface area (Å²) in [6.45, 7) is 2.96. The number of imide groups is 1. The number of carbonyl (C=O) groups is 3. The van der Waals surface area contributed by atoms with Crippen LogP contribution in [0.2, 0.25) is 0 Å². The number of likely N-dealkylation sites (N-methyl/N-ethyl adjacent to an activating group) is 1. The lowest BCUT2D eigenvalue weighted by Crippen LogP contribution is -2.37. The van der Waals surface area contributed by atoms with Crippen LogP contribution in [-0.2, 0) is 9.63 Å². The molecule has 2 amide bonds. The monoisotopic (exact) mass is 318 g/mol. The molecule has 1 aliphatic rings. The lowest BCUT2D eigenvalue weighted by molar-refractivity contribution is -0.169. The standard InChI is InChI=1S/C17H22N2O4/c1-3-4-5-8-11-18(2)12-15(20)23-19-16(21)13-9-6-7-10-14(13)17(19)22/h6-7,9-10H,3-5,8,11-12H2,1-2H3. The van der Waals surface area contributed by atoms with E-state index in [9.17, 15) is 14.4 Å². The molecule has 0 spiro atoms. The Labute approximate surface area is 136 Å². The molecule has 0 atom stereocenters. The van der Waals surface area contributed by atoms with Crippen LogP contribution in [0, 0.1) is 0 Å². The predicted octanol–water partition coefficient (Wildman–Crippen LogP) is 2.25. The highest BCUT2D eigenvalue weighted by molar-refractivity contribution is 6.20. The molecule has 0 radical (unpaired) electrons. The Hall–Kier alpha value is -2.21. The first-order chi connectivity index (χ1) is 11.0. The molecular formula is C17H22N2O4. The van der Waals surface area contributed by atoms with Crippen LogP contribution < -0.4 is 0 Å². The molecule has 1 aromatic rings. The SMILES string of the molecule is CCCCCCN(C)CC(=O)ON1C(=O)c2ccccc2C1=O. The van der Waals surface area contributed by atoms with Crippen LogP contribution in [0.1, 0.15) is 53.3 Å². The van der Waals surface area contributed by atoms with Crippen molar-refractivity contribution < 1.29 is 19.2 Å². The number of fused-ring (bicyclic) bond motifs is 1. The molecule has 0 saturated carbocycles. The highest BCUT2D eigenvalue weighted by atomic mass is 16.7. The summed E-state index contributed by atoms with van der Waals surface area (Å²) in [5.74, 6) is -1.80. The highest BCUT2D eigenvalue weighted by Crippen LogP contribution is 2.22. The number of hydrogen-bond acceptors (Lipinski definition) is 5. The van der Waals surface area contributed by atoms with Gasteiger partial charge in [-0.1, -0.05) is 43.4 Å². The largest absolute Gasteiger partial charge is 0.347 e. The molecular weight excluding hydrogens is 296 g/mol. The summed E-state index contributed by atoms with van der Waals surface area (Å²) >= 11 is 0. The van der Waals surface area contributed by atoms with Gasteiger partial charge in [-0.05, 0) is 32.1 Å². The van der Waals surface area contributed by atoms with E-state index < -0.39 is 17.8 Å². The van der Waals surface area contributed by atoms with Gasteiger partial charge in [0, 0.05) is 0 Å². The molecule has 0 fully saturated rings. The summed E-state index contributed by atoms with van der Waals surface area (Å²) in [7, 11) is 1.82. The maximum Gasteiger partial charge on any atom is 0.347 e. The molecule has 1 heterocycles. The van der Waals surface area contributed by atoms with E-state index in [1.54, 1.807) is 24.3 Å². The zero-order chi connectivity index (χ0) is 16.8. The molecule has 0 N–H and O–H groups in total. The number of hydroxylamine groups is 2. The molecule has 0 unspecified atom stereocenters. The maximum atomic E-state index is 12.1. The smallest absolute Gasteiger partial charge is 0.328 e. The zero-order valence-corrected chi connectivity index (χ0v) is 13.6. The van der Waals surface area contributed by atoms with Gasteiger partial charge in [-0.15, -0.1) is 0 Å². The normalized spacial score (nSPS) is 13.6. The van der Waals surface area contributed by atoms with Crippen LogP contribution in [0.3, 0.4) is 0 Å². The first-order valence-corrected chi connectivity index (χ1v) is 7.91. The minimum atomic E-state index is -0.613. The molecule has 0 aromatic heterocycles. The third-order valence-corrected chi connectivity index (χ3v) is 3.74. The third kappa shape index (κ3) is 4.16. The molecule has 23 heavy (non-hydrogen) atoms.